The Kier molecular flexibility index (Phi) is 5.62. The standard InChI is InChI=1S/C22H29N3O/c1-5-17-10-12-18(13-11-17)21(24(3)4)15-23-22(26)25-16(2)14-19-8-6-7-9-20(19)25/h6-13,16,21H,5,14-15H2,1-4H3,(H,23,26). The van der Waals surface area contributed by atoms with Crippen LogP contribution in [0.1, 0.15) is 36.6 Å². The number of benzene rings is 2. The van der Waals surface area contributed by atoms with Gasteiger partial charge in [-0.1, -0.05) is 49.4 Å². The molecule has 0 fully saturated rings. The molecule has 2 unspecified atom stereocenters. The maximum atomic E-state index is 12.9. The van der Waals surface area contributed by atoms with Gasteiger partial charge in [-0.15, -0.1) is 0 Å². The molecule has 138 valence electrons. The van der Waals surface area contributed by atoms with Crippen LogP contribution in [0.4, 0.5) is 10.5 Å². The van der Waals surface area contributed by atoms with E-state index in [4.69, 9.17) is 0 Å². The number of amides is 2. The van der Waals surface area contributed by atoms with Gasteiger partial charge in [0.25, 0.3) is 0 Å². The van der Waals surface area contributed by atoms with Crippen molar-refractivity contribution in [2.75, 3.05) is 25.5 Å². The lowest BCUT2D eigenvalue weighted by atomic mass is 10.0. The Labute approximate surface area is 156 Å². The summed E-state index contributed by atoms with van der Waals surface area (Å²) in [5.41, 5.74) is 4.83. The van der Waals surface area contributed by atoms with Gasteiger partial charge in [0.1, 0.15) is 0 Å². The SMILES string of the molecule is CCc1ccc(C(CNC(=O)N2c3ccccc3CC2C)N(C)C)cc1. The number of nitrogens with one attached hydrogen (secondary N) is 1. The predicted octanol–water partition coefficient (Wildman–Crippen LogP) is 4.01. The van der Waals surface area contributed by atoms with E-state index in [2.05, 4.69) is 68.5 Å². The highest BCUT2D eigenvalue weighted by atomic mass is 16.2. The Morgan fingerprint density at radius 3 is 2.54 bits per heavy atom. The summed E-state index contributed by atoms with van der Waals surface area (Å²) in [5, 5.41) is 3.15. The van der Waals surface area contributed by atoms with Gasteiger partial charge in [0.05, 0.1) is 6.04 Å². The number of hydrogen-bond acceptors (Lipinski definition) is 2. The zero-order chi connectivity index (χ0) is 18.7. The summed E-state index contributed by atoms with van der Waals surface area (Å²) >= 11 is 0. The zero-order valence-corrected chi connectivity index (χ0v) is 16.2. The molecule has 2 aromatic carbocycles. The molecule has 1 aliphatic rings. The molecular weight excluding hydrogens is 322 g/mol. The number of anilines is 1. The van der Waals surface area contributed by atoms with E-state index in [1.54, 1.807) is 0 Å². The van der Waals surface area contributed by atoms with Crippen LogP contribution in [0.5, 0.6) is 0 Å². The lowest BCUT2D eigenvalue weighted by Crippen LogP contribution is -2.45. The highest BCUT2D eigenvalue weighted by molar-refractivity contribution is 5.94. The normalized spacial score (nSPS) is 17.3. The van der Waals surface area contributed by atoms with Gasteiger partial charge in [0, 0.05) is 18.3 Å². The molecule has 2 amide bonds. The summed E-state index contributed by atoms with van der Waals surface area (Å²) in [7, 11) is 4.11. The van der Waals surface area contributed by atoms with Crippen molar-refractivity contribution in [2.24, 2.45) is 0 Å². The largest absolute Gasteiger partial charge is 0.336 e. The van der Waals surface area contributed by atoms with Crippen molar-refractivity contribution in [1.82, 2.24) is 10.2 Å². The number of aryl methyl sites for hydroxylation is 1. The molecule has 1 N–H and O–H groups in total. The minimum atomic E-state index is -0.0144. The second kappa shape index (κ2) is 7.92. The number of carbonyl (C=O) groups is 1. The minimum absolute atomic E-state index is 0.0144. The fraction of sp³-hybridized carbons (Fsp3) is 0.409. The fourth-order valence-corrected chi connectivity index (χ4v) is 3.72. The molecular formula is C22H29N3O. The van der Waals surface area contributed by atoms with Crippen LogP contribution < -0.4 is 10.2 Å². The molecule has 0 radical (unpaired) electrons. The second-order valence-corrected chi connectivity index (χ2v) is 7.31. The van der Waals surface area contributed by atoms with Crippen molar-refractivity contribution in [2.45, 2.75) is 38.8 Å². The Hall–Kier alpha value is -2.33. The average molecular weight is 351 g/mol. The Bertz CT molecular complexity index is 754. The summed E-state index contributed by atoms with van der Waals surface area (Å²) < 4.78 is 0. The minimum Gasteiger partial charge on any atom is -0.336 e. The Morgan fingerprint density at radius 1 is 1.19 bits per heavy atom. The van der Waals surface area contributed by atoms with Gasteiger partial charge in [-0.2, -0.15) is 0 Å². The molecule has 0 spiro atoms. The first-order valence-corrected chi connectivity index (χ1v) is 9.41. The topological polar surface area (TPSA) is 35.6 Å². The number of likely N-dealkylation sites (N-methyl/N-ethyl adjacent to an activating group) is 1. The van der Waals surface area contributed by atoms with E-state index in [1.165, 1.54) is 16.7 Å². The molecule has 1 heterocycles. The number of hydrogen-bond donors (Lipinski definition) is 1. The van der Waals surface area contributed by atoms with Crippen LogP contribution in [0.15, 0.2) is 48.5 Å². The third-order valence-corrected chi connectivity index (χ3v) is 5.27. The third kappa shape index (κ3) is 3.75. The van der Waals surface area contributed by atoms with Crippen LogP contribution in [0, 0.1) is 0 Å². The van der Waals surface area contributed by atoms with E-state index >= 15 is 0 Å². The van der Waals surface area contributed by atoms with E-state index < -0.39 is 0 Å². The highest BCUT2D eigenvalue weighted by Crippen LogP contribution is 2.31. The molecule has 0 saturated carbocycles. The van der Waals surface area contributed by atoms with Gasteiger partial charge < -0.3 is 10.2 Å². The molecule has 4 heteroatoms. The van der Waals surface area contributed by atoms with Gasteiger partial charge in [-0.05, 0) is 56.6 Å². The van der Waals surface area contributed by atoms with Crippen LogP contribution in [-0.4, -0.2) is 37.6 Å². The summed E-state index contributed by atoms with van der Waals surface area (Å²) in [6, 6.07) is 17.2. The fourth-order valence-electron chi connectivity index (χ4n) is 3.72. The lowest BCUT2D eigenvalue weighted by molar-refractivity contribution is 0.236. The van der Waals surface area contributed by atoms with E-state index in [-0.39, 0.29) is 18.1 Å². The van der Waals surface area contributed by atoms with Gasteiger partial charge >= 0.3 is 6.03 Å². The summed E-state index contributed by atoms with van der Waals surface area (Å²) in [6.07, 6.45) is 1.95. The maximum absolute atomic E-state index is 12.9. The van der Waals surface area contributed by atoms with Crippen LogP contribution in [-0.2, 0) is 12.8 Å². The molecule has 4 nitrogen and oxygen atoms in total. The van der Waals surface area contributed by atoms with Crippen molar-refractivity contribution in [3.63, 3.8) is 0 Å². The van der Waals surface area contributed by atoms with Crippen molar-refractivity contribution < 1.29 is 4.79 Å². The van der Waals surface area contributed by atoms with Crippen LogP contribution >= 0.6 is 0 Å². The number of para-hydroxylation sites is 1. The molecule has 1 aliphatic heterocycles. The van der Waals surface area contributed by atoms with Crippen LogP contribution in [0.3, 0.4) is 0 Å². The average Bonchev–Trinajstić information content (AvgIpc) is 2.97. The molecule has 2 aromatic rings. The first-order valence-electron chi connectivity index (χ1n) is 9.41. The van der Waals surface area contributed by atoms with Crippen molar-refractivity contribution >= 4 is 11.7 Å². The summed E-state index contributed by atoms with van der Waals surface area (Å²) in [5.74, 6) is 0. The third-order valence-electron chi connectivity index (χ3n) is 5.27. The van der Waals surface area contributed by atoms with Gasteiger partial charge in [-0.3, -0.25) is 4.90 Å². The summed E-state index contributed by atoms with van der Waals surface area (Å²) in [4.78, 5) is 16.9. The molecule has 0 aliphatic carbocycles. The molecule has 0 aromatic heterocycles. The number of urea groups is 1. The zero-order valence-electron chi connectivity index (χ0n) is 16.2. The van der Waals surface area contributed by atoms with Gasteiger partial charge in [-0.25, -0.2) is 4.79 Å². The first-order chi connectivity index (χ1) is 12.5. The smallest absolute Gasteiger partial charge is 0.322 e. The van der Waals surface area contributed by atoms with E-state index in [1.807, 2.05) is 23.1 Å². The van der Waals surface area contributed by atoms with E-state index in [9.17, 15) is 4.79 Å². The van der Waals surface area contributed by atoms with Gasteiger partial charge in [0.2, 0.25) is 0 Å². The second-order valence-electron chi connectivity index (χ2n) is 7.31. The Morgan fingerprint density at radius 2 is 1.88 bits per heavy atom. The highest BCUT2D eigenvalue weighted by Gasteiger charge is 2.30. The monoisotopic (exact) mass is 351 g/mol. The van der Waals surface area contributed by atoms with E-state index in [0.29, 0.717) is 6.54 Å². The van der Waals surface area contributed by atoms with E-state index in [0.717, 1.165) is 18.5 Å². The van der Waals surface area contributed by atoms with Crippen LogP contribution in [0.25, 0.3) is 0 Å². The molecule has 26 heavy (non-hydrogen) atoms. The van der Waals surface area contributed by atoms with Crippen molar-refractivity contribution in [1.29, 1.82) is 0 Å². The van der Waals surface area contributed by atoms with Gasteiger partial charge in [0.15, 0.2) is 0 Å². The number of fused-ring (bicyclic) bond motifs is 1. The van der Waals surface area contributed by atoms with Crippen molar-refractivity contribution in [3.8, 4) is 0 Å². The Balaban J connectivity index is 1.70. The molecule has 0 bridgehead atoms. The molecule has 0 saturated heterocycles. The lowest BCUT2D eigenvalue weighted by Gasteiger charge is -2.28. The first kappa shape index (κ1) is 18.5. The predicted molar refractivity (Wildman–Crippen MR) is 108 cm³/mol. The van der Waals surface area contributed by atoms with Crippen LogP contribution in [0.2, 0.25) is 0 Å². The number of rotatable bonds is 5. The number of nitrogens with zero attached hydrogens (tertiary/aromatic N) is 2. The number of carbonyl (C=O) groups excluding carboxylic acids is 1. The molecule has 2 atom stereocenters. The quantitative estimate of drug-likeness (QED) is 0.883. The van der Waals surface area contributed by atoms with Crippen molar-refractivity contribution in [3.05, 3.63) is 65.2 Å². The molecule has 3 rings (SSSR count). The summed E-state index contributed by atoms with van der Waals surface area (Å²) in [6.45, 7) is 4.85. The maximum Gasteiger partial charge on any atom is 0.322 e.